The molecule has 0 atom stereocenters. The second-order valence-corrected chi connectivity index (χ2v) is 4.81. The smallest absolute Gasteiger partial charge is 0.150 e. The summed E-state index contributed by atoms with van der Waals surface area (Å²) >= 11 is 5.88. The highest BCUT2D eigenvalue weighted by atomic mass is 35.5. The van der Waals surface area contributed by atoms with Crippen LogP contribution in [0.2, 0.25) is 0 Å². The minimum atomic E-state index is 0.677. The molecular weight excluding hydrogens is 222 g/mol. The lowest BCUT2D eigenvalue weighted by Gasteiger charge is -2.32. The van der Waals surface area contributed by atoms with Gasteiger partial charge in [0.15, 0.2) is 0 Å². The average molecular weight is 240 g/mol. The molecule has 2 heterocycles. The van der Waals surface area contributed by atoms with Gasteiger partial charge in [0.1, 0.15) is 5.82 Å². The van der Waals surface area contributed by atoms with Crippen LogP contribution in [0.3, 0.4) is 0 Å². The Morgan fingerprint density at radius 3 is 2.69 bits per heavy atom. The number of hydrogen-bond donors (Lipinski definition) is 0. The molecule has 0 N–H and O–H groups in total. The molecule has 4 heteroatoms. The molecule has 0 bridgehead atoms. The van der Waals surface area contributed by atoms with Crippen LogP contribution in [0.5, 0.6) is 0 Å². The summed E-state index contributed by atoms with van der Waals surface area (Å²) in [7, 11) is 0. The summed E-state index contributed by atoms with van der Waals surface area (Å²) in [5.41, 5.74) is 2.01. The second-order valence-electron chi connectivity index (χ2n) is 4.51. The third kappa shape index (κ3) is 2.46. The van der Waals surface area contributed by atoms with E-state index in [9.17, 15) is 0 Å². The quantitative estimate of drug-likeness (QED) is 0.743. The molecule has 1 aliphatic rings. The first-order chi connectivity index (χ1) is 7.70. The molecule has 0 radical (unpaired) electrons. The van der Waals surface area contributed by atoms with E-state index in [1.54, 1.807) is 0 Å². The van der Waals surface area contributed by atoms with Crippen LogP contribution in [0.1, 0.15) is 24.2 Å². The summed E-state index contributed by atoms with van der Waals surface area (Å²) in [6.45, 7) is 6.11. The van der Waals surface area contributed by atoms with Gasteiger partial charge in [-0.2, -0.15) is 0 Å². The molecule has 16 heavy (non-hydrogen) atoms. The minimum Gasteiger partial charge on any atom is -0.355 e. The first-order valence-corrected chi connectivity index (χ1v) is 6.35. The minimum absolute atomic E-state index is 0.677. The van der Waals surface area contributed by atoms with E-state index < -0.39 is 0 Å². The predicted molar refractivity (Wildman–Crippen MR) is 67.2 cm³/mol. The van der Waals surface area contributed by atoms with Crippen LogP contribution in [0.25, 0.3) is 0 Å². The van der Waals surface area contributed by atoms with Gasteiger partial charge in [-0.25, -0.2) is 4.98 Å². The molecule has 2 rings (SSSR count). The number of nitrogens with zero attached hydrogens (tertiary/aromatic N) is 3. The lowest BCUT2D eigenvalue weighted by Crippen LogP contribution is -2.35. The van der Waals surface area contributed by atoms with Crippen molar-refractivity contribution < 1.29 is 0 Å². The van der Waals surface area contributed by atoms with Crippen LogP contribution in [0, 0.1) is 19.8 Å². The lowest BCUT2D eigenvalue weighted by atomic mass is 9.99. The molecule has 1 aliphatic heterocycles. The molecule has 0 spiro atoms. The Morgan fingerprint density at radius 1 is 1.38 bits per heavy atom. The number of alkyl halides is 1. The Kier molecular flexibility index (Phi) is 3.64. The van der Waals surface area contributed by atoms with Crippen molar-refractivity contribution in [2.45, 2.75) is 26.7 Å². The van der Waals surface area contributed by atoms with Gasteiger partial charge in [0.2, 0.25) is 0 Å². The third-order valence-electron chi connectivity index (χ3n) is 3.18. The molecule has 1 aromatic rings. The highest BCUT2D eigenvalue weighted by Gasteiger charge is 2.20. The van der Waals surface area contributed by atoms with Crippen LogP contribution in [-0.4, -0.2) is 28.9 Å². The van der Waals surface area contributed by atoms with Crippen molar-refractivity contribution in [3.05, 3.63) is 17.6 Å². The van der Waals surface area contributed by atoms with Gasteiger partial charge in [-0.3, -0.25) is 4.98 Å². The summed E-state index contributed by atoms with van der Waals surface area (Å²) < 4.78 is 0. The fourth-order valence-electron chi connectivity index (χ4n) is 2.12. The van der Waals surface area contributed by atoms with Gasteiger partial charge in [-0.05, 0) is 32.6 Å². The number of anilines is 1. The summed E-state index contributed by atoms with van der Waals surface area (Å²) in [6, 6.07) is 0. The SMILES string of the molecule is Cc1cnc(C)c(N2CCC(CCl)CC2)n1. The molecule has 1 aromatic heterocycles. The van der Waals surface area contributed by atoms with Crippen LogP contribution in [-0.2, 0) is 0 Å². The maximum Gasteiger partial charge on any atom is 0.150 e. The maximum atomic E-state index is 5.88. The first kappa shape index (κ1) is 11.6. The lowest BCUT2D eigenvalue weighted by molar-refractivity contribution is 0.440. The number of rotatable bonds is 2. The van der Waals surface area contributed by atoms with Crippen LogP contribution < -0.4 is 4.90 Å². The highest BCUT2D eigenvalue weighted by Crippen LogP contribution is 2.24. The number of piperidine rings is 1. The van der Waals surface area contributed by atoms with E-state index in [-0.39, 0.29) is 0 Å². The maximum absolute atomic E-state index is 5.88. The first-order valence-electron chi connectivity index (χ1n) is 5.82. The molecular formula is C12H18ClN3. The molecule has 0 saturated carbocycles. The van der Waals surface area contributed by atoms with E-state index in [1.165, 1.54) is 12.8 Å². The van der Waals surface area contributed by atoms with E-state index in [0.29, 0.717) is 5.92 Å². The Labute approximate surface area is 102 Å². The Bertz CT molecular complexity index is 359. The van der Waals surface area contributed by atoms with Crippen molar-refractivity contribution in [2.75, 3.05) is 23.9 Å². The molecule has 3 nitrogen and oxygen atoms in total. The van der Waals surface area contributed by atoms with E-state index in [0.717, 1.165) is 36.2 Å². The molecule has 88 valence electrons. The van der Waals surface area contributed by atoms with Crippen molar-refractivity contribution in [3.63, 3.8) is 0 Å². The van der Waals surface area contributed by atoms with Crippen LogP contribution >= 0.6 is 11.6 Å². The van der Waals surface area contributed by atoms with Gasteiger partial charge in [-0.15, -0.1) is 11.6 Å². The van der Waals surface area contributed by atoms with Crippen molar-refractivity contribution >= 4 is 17.4 Å². The van der Waals surface area contributed by atoms with Crippen LogP contribution in [0.4, 0.5) is 5.82 Å². The van der Waals surface area contributed by atoms with E-state index in [1.807, 2.05) is 20.0 Å². The fourth-order valence-corrected chi connectivity index (χ4v) is 2.43. The van der Waals surface area contributed by atoms with Gasteiger partial charge in [0.25, 0.3) is 0 Å². The zero-order valence-corrected chi connectivity index (χ0v) is 10.7. The van der Waals surface area contributed by atoms with E-state index in [4.69, 9.17) is 11.6 Å². The molecule has 1 fully saturated rings. The van der Waals surface area contributed by atoms with Crippen molar-refractivity contribution in [3.8, 4) is 0 Å². The number of hydrogen-bond acceptors (Lipinski definition) is 3. The summed E-state index contributed by atoms with van der Waals surface area (Å²) in [5.74, 6) is 2.51. The van der Waals surface area contributed by atoms with Gasteiger partial charge in [-0.1, -0.05) is 0 Å². The monoisotopic (exact) mass is 239 g/mol. The number of aromatic nitrogens is 2. The number of aryl methyl sites for hydroxylation is 2. The van der Waals surface area contributed by atoms with Gasteiger partial charge >= 0.3 is 0 Å². The summed E-state index contributed by atoms with van der Waals surface area (Å²) in [6.07, 6.45) is 4.15. The van der Waals surface area contributed by atoms with E-state index >= 15 is 0 Å². The Hall–Kier alpha value is -0.830. The highest BCUT2D eigenvalue weighted by molar-refractivity contribution is 6.18. The van der Waals surface area contributed by atoms with Gasteiger partial charge in [0.05, 0.1) is 11.4 Å². The molecule has 0 amide bonds. The molecule has 1 saturated heterocycles. The zero-order valence-electron chi connectivity index (χ0n) is 9.91. The normalized spacial score (nSPS) is 17.8. The van der Waals surface area contributed by atoms with Crippen molar-refractivity contribution in [1.82, 2.24) is 9.97 Å². The van der Waals surface area contributed by atoms with Crippen LogP contribution in [0.15, 0.2) is 6.20 Å². The predicted octanol–water partition coefficient (Wildman–Crippen LogP) is 2.55. The van der Waals surface area contributed by atoms with Gasteiger partial charge in [0, 0.05) is 25.2 Å². The number of halogens is 1. The van der Waals surface area contributed by atoms with Gasteiger partial charge < -0.3 is 4.90 Å². The zero-order chi connectivity index (χ0) is 11.5. The topological polar surface area (TPSA) is 29.0 Å². The fraction of sp³-hybridized carbons (Fsp3) is 0.667. The molecule has 0 aliphatic carbocycles. The van der Waals surface area contributed by atoms with Crippen molar-refractivity contribution in [1.29, 1.82) is 0 Å². The average Bonchev–Trinajstić information content (AvgIpc) is 2.32. The summed E-state index contributed by atoms with van der Waals surface area (Å²) in [4.78, 5) is 11.3. The second kappa shape index (κ2) is 5.00. The standard InChI is InChI=1S/C12H18ClN3/c1-9-8-14-10(2)12(15-9)16-5-3-11(7-13)4-6-16/h8,11H,3-7H2,1-2H3. The summed E-state index contributed by atoms with van der Waals surface area (Å²) in [5, 5.41) is 0. The van der Waals surface area contributed by atoms with E-state index in [2.05, 4.69) is 14.9 Å². The largest absolute Gasteiger partial charge is 0.355 e. The Balaban J connectivity index is 2.10. The molecule has 0 aromatic carbocycles. The Morgan fingerprint density at radius 2 is 2.06 bits per heavy atom. The third-order valence-corrected chi connectivity index (χ3v) is 3.62. The molecule has 0 unspecified atom stereocenters. The van der Waals surface area contributed by atoms with Crippen molar-refractivity contribution in [2.24, 2.45) is 5.92 Å².